The van der Waals surface area contributed by atoms with Gasteiger partial charge in [0.1, 0.15) is 18.0 Å². The molecule has 0 saturated carbocycles. The van der Waals surface area contributed by atoms with Crippen LogP contribution in [-0.4, -0.2) is 67.7 Å². The van der Waals surface area contributed by atoms with Gasteiger partial charge < -0.3 is 20.3 Å². The number of methoxy groups -OCH3 is 1. The van der Waals surface area contributed by atoms with Crippen LogP contribution in [-0.2, 0) is 13.6 Å². The number of nitrogens with zero attached hydrogens (tertiary/aromatic N) is 7. The molecular formula is C26H31N9O3. The van der Waals surface area contributed by atoms with Gasteiger partial charge in [-0.05, 0) is 32.3 Å². The van der Waals surface area contributed by atoms with Crippen molar-refractivity contribution in [1.29, 1.82) is 0 Å². The Balaban J connectivity index is 1.66. The highest BCUT2D eigenvalue weighted by Gasteiger charge is 2.18. The molecule has 0 aliphatic heterocycles. The summed E-state index contributed by atoms with van der Waals surface area (Å²) in [4.78, 5) is 40.0. The van der Waals surface area contributed by atoms with Crippen LogP contribution in [0.2, 0.25) is 0 Å². The second kappa shape index (κ2) is 11.6. The van der Waals surface area contributed by atoms with Crippen molar-refractivity contribution in [1.82, 2.24) is 34.2 Å². The number of aryl methyl sites for hydroxylation is 1. The lowest BCUT2D eigenvalue weighted by Crippen LogP contribution is -2.28. The fourth-order valence-corrected chi connectivity index (χ4v) is 3.79. The van der Waals surface area contributed by atoms with Crippen molar-refractivity contribution >= 4 is 28.8 Å². The minimum absolute atomic E-state index is 0.0744. The molecule has 0 unspecified atom stereocenters. The Kier molecular flexibility index (Phi) is 8.12. The maximum atomic E-state index is 12.7. The van der Waals surface area contributed by atoms with E-state index in [4.69, 9.17) is 4.74 Å². The van der Waals surface area contributed by atoms with Gasteiger partial charge in [0.25, 0.3) is 0 Å². The number of pyridine rings is 1. The number of likely N-dealkylation sites (N-methyl/N-ethyl adjacent to an activating group) is 1. The van der Waals surface area contributed by atoms with Crippen LogP contribution in [0.5, 0.6) is 5.75 Å². The third-order valence-corrected chi connectivity index (χ3v) is 5.77. The summed E-state index contributed by atoms with van der Waals surface area (Å²) < 4.78 is 8.87. The highest BCUT2D eigenvalue weighted by Crippen LogP contribution is 2.37. The highest BCUT2D eigenvalue weighted by molar-refractivity contribution is 6.02. The molecule has 0 bridgehead atoms. The maximum Gasteiger partial charge on any atom is 0.349 e. The van der Waals surface area contributed by atoms with Crippen LogP contribution in [0.1, 0.15) is 23.7 Å². The van der Waals surface area contributed by atoms with Gasteiger partial charge in [-0.2, -0.15) is 10.1 Å². The summed E-state index contributed by atoms with van der Waals surface area (Å²) in [6.07, 6.45) is 5.12. The van der Waals surface area contributed by atoms with E-state index in [0.717, 1.165) is 6.54 Å². The van der Waals surface area contributed by atoms with Crippen molar-refractivity contribution < 1.29 is 9.53 Å². The number of carbonyl (C=O) groups is 1. The van der Waals surface area contributed by atoms with Gasteiger partial charge in [0.05, 0.1) is 29.6 Å². The number of para-hydroxylation sites is 1. The van der Waals surface area contributed by atoms with Crippen molar-refractivity contribution in [3.8, 4) is 17.1 Å². The number of aromatic nitrogens is 6. The Morgan fingerprint density at radius 2 is 1.92 bits per heavy atom. The summed E-state index contributed by atoms with van der Waals surface area (Å²) in [5.74, 6) is 1.74. The molecule has 0 atom stereocenters. The van der Waals surface area contributed by atoms with Crippen LogP contribution in [0, 0.1) is 0 Å². The number of nitrogens with one attached hydrogen (secondary N) is 2. The summed E-state index contributed by atoms with van der Waals surface area (Å²) in [6, 6.07) is 8.97. The van der Waals surface area contributed by atoms with E-state index in [1.807, 2.05) is 37.2 Å². The number of hydrogen-bond donors (Lipinski definition) is 2. The zero-order valence-corrected chi connectivity index (χ0v) is 22.1. The first kappa shape index (κ1) is 26.5. The van der Waals surface area contributed by atoms with Crippen LogP contribution >= 0.6 is 0 Å². The van der Waals surface area contributed by atoms with Crippen molar-refractivity contribution in [2.75, 3.05) is 38.4 Å². The number of benzene rings is 1. The number of ketones is 1. The normalized spacial score (nSPS) is 11.0. The second-order valence-electron chi connectivity index (χ2n) is 8.86. The molecule has 1 aromatic carbocycles. The number of rotatable bonds is 11. The second-order valence-corrected chi connectivity index (χ2v) is 8.86. The van der Waals surface area contributed by atoms with Crippen molar-refractivity contribution in [3.63, 3.8) is 0 Å². The highest BCUT2D eigenvalue weighted by atomic mass is 16.5. The van der Waals surface area contributed by atoms with Gasteiger partial charge >= 0.3 is 5.69 Å². The first-order valence-corrected chi connectivity index (χ1v) is 12.1. The smallest absolute Gasteiger partial charge is 0.349 e. The van der Waals surface area contributed by atoms with Gasteiger partial charge in [-0.3, -0.25) is 14.0 Å². The van der Waals surface area contributed by atoms with Crippen LogP contribution in [0.25, 0.3) is 11.4 Å². The SMILES string of the molecule is CCC(=O)c1cnc(Nc2ccn(CCN(C)C)c(=O)n2)cc1Nc1cccc(-c2ncn(C)n2)c1OC. The number of anilines is 4. The van der Waals surface area contributed by atoms with Crippen molar-refractivity contribution in [3.05, 3.63) is 65.1 Å². The summed E-state index contributed by atoms with van der Waals surface area (Å²) >= 11 is 0. The predicted octanol–water partition coefficient (Wildman–Crippen LogP) is 3.08. The Morgan fingerprint density at radius 1 is 1.11 bits per heavy atom. The first-order chi connectivity index (χ1) is 18.3. The summed E-state index contributed by atoms with van der Waals surface area (Å²) in [6.45, 7) is 3.05. The van der Waals surface area contributed by atoms with E-state index in [1.165, 1.54) is 6.20 Å². The summed E-state index contributed by atoms with van der Waals surface area (Å²) in [7, 11) is 7.25. The fraction of sp³-hybridized carbons (Fsp3) is 0.308. The molecule has 0 aliphatic rings. The summed E-state index contributed by atoms with van der Waals surface area (Å²) in [5.41, 5.74) is 1.92. The third kappa shape index (κ3) is 6.03. The van der Waals surface area contributed by atoms with E-state index in [1.54, 1.807) is 55.0 Å². The van der Waals surface area contributed by atoms with Crippen molar-refractivity contribution in [2.24, 2.45) is 7.05 Å². The summed E-state index contributed by atoms with van der Waals surface area (Å²) in [5, 5.41) is 10.8. The van der Waals surface area contributed by atoms with Gasteiger partial charge in [-0.1, -0.05) is 13.0 Å². The van der Waals surface area contributed by atoms with E-state index in [0.29, 0.717) is 58.7 Å². The van der Waals surface area contributed by atoms with E-state index >= 15 is 0 Å². The molecule has 12 heteroatoms. The van der Waals surface area contributed by atoms with Crippen LogP contribution in [0.3, 0.4) is 0 Å². The first-order valence-electron chi connectivity index (χ1n) is 12.1. The fourth-order valence-electron chi connectivity index (χ4n) is 3.79. The average Bonchev–Trinajstić information content (AvgIpc) is 3.33. The zero-order chi connectivity index (χ0) is 27.2. The number of Topliss-reactive ketones (excluding diaryl/α,β-unsaturated/α-hetero) is 1. The molecule has 0 saturated heterocycles. The Bertz CT molecular complexity index is 1490. The molecule has 4 aromatic rings. The molecule has 3 aromatic heterocycles. The molecule has 12 nitrogen and oxygen atoms in total. The lowest BCUT2D eigenvalue weighted by molar-refractivity contribution is 0.0988. The largest absolute Gasteiger partial charge is 0.494 e. The quantitative estimate of drug-likeness (QED) is 0.286. The molecule has 0 radical (unpaired) electrons. The van der Waals surface area contributed by atoms with Crippen LogP contribution < -0.4 is 21.1 Å². The van der Waals surface area contributed by atoms with Gasteiger partial charge in [0, 0.05) is 45.0 Å². The molecule has 38 heavy (non-hydrogen) atoms. The number of hydrogen-bond acceptors (Lipinski definition) is 10. The van der Waals surface area contributed by atoms with Gasteiger partial charge in [0.2, 0.25) is 0 Å². The van der Waals surface area contributed by atoms with Crippen molar-refractivity contribution in [2.45, 2.75) is 19.9 Å². The Morgan fingerprint density at radius 3 is 2.58 bits per heavy atom. The van der Waals surface area contributed by atoms with E-state index < -0.39 is 0 Å². The molecular weight excluding hydrogens is 486 g/mol. The molecule has 0 amide bonds. The number of ether oxygens (including phenoxy) is 1. The number of carbonyl (C=O) groups excluding carboxylic acids is 1. The molecule has 198 valence electrons. The molecule has 3 heterocycles. The standard InChI is InChI=1S/C26H31N9O3/c1-6-21(36)18-15-27-23(30-22-10-11-35(26(37)31-22)13-12-33(2)3)14-20(18)29-19-9-7-8-17(24(19)38-5)25-28-16-34(4)32-25/h7-11,14-16H,6,12-13H2,1-5H3,(H2,27,29,30,31,37). The predicted molar refractivity (Wildman–Crippen MR) is 145 cm³/mol. The molecule has 0 spiro atoms. The Hall–Kier alpha value is -4.58. The van der Waals surface area contributed by atoms with Gasteiger partial charge in [-0.25, -0.2) is 14.8 Å². The van der Waals surface area contributed by atoms with Gasteiger partial charge in [-0.15, -0.1) is 0 Å². The maximum absolute atomic E-state index is 12.7. The minimum Gasteiger partial charge on any atom is -0.494 e. The third-order valence-electron chi connectivity index (χ3n) is 5.77. The zero-order valence-electron chi connectivity index (χ0n) is 22.1. The molecule has 2 N–H and O–H groups in total. The van der Waals surface area contributed by atoms with Crippen LogP contribution in [0.15, 0.2) is 53.8 Å². The monoisotopic (exact) mass is 517 g/mol. The lowest BCUT2D eigenvalue weighted by Gasteiger charge is -2.17. The lowest BCUT2D eigenvalue weighted by atomic mass is 10.1. The molecule has 0 fully saturated rings. The van der Waals surface area contributed by atoms with E-state index in [2.05, 4.69) is 30.7 Å². The van der Waals surface area contributed by atoms with Gasteiger partial charge in [0.15, 0.2) is 17.4 Å². The molecule has 4 rings (SSSR count). The molecule has 0 aliphatic carbocycles. The van der Waals surface area contributed by atoms with Crippen LogP contribution in [0.4, 0.5) is 23.0 Å². The average molecular weight is 518 g/mol. The van der Waals surface area contributed by atoms with E-state index in [-0.39, 0.29) is 11.5 Å². The minimum atomic E-state index is -0.363. The van der Waals surface area contributed by atoms with E-state index in [9.17, 15) is 9.59 Å². The Labute approximate surface area is 220 Å². The topological polar surface area (TPSA) is 132 Å².